The molecule has 0 aliphatic heterocycles. The van der Waals surface area contributed by atoms with Crippen molar-refractivity contribution in [2.45, 2.75) is 68.2 Å². The van der Waals surface area contributed by atoms with E-state index < -0.39 is 0 Å². The Balaban J connectivity index is 0.000000184. The topological polar surface area (TPSA) is 89.6 Å². The van der Waals surface area contributed by atoms with Gasteiger partial charge in [0.2, 0.25) is 0 Å². The van der Waals surface area contributed by atoms with Crippen molar-refractivity contribution < 1.29 is 21.1 Å². The summed E-state index contributed by atoms with van der Waals surface area (Å²) in [5, 5.41) is 8.70. The number of imidazole rings is 2. The summed E-state index contributed by atoms with van der Waals surface area (Å²) in [4.78, 5) is 18.2. The molecular formula is C32H38N8Pt. The number of nitrogens with zero attached hydrogens (tertiary/aromatic N) is 8. The minimum Gasteiger partial charge on any atom is -0.357 e. The van der Waals surface area contributed by atoms with Crippen molar-refractivity contribution in [3.05, 3.63) is 83.4 Å². The van der Waals surface area contributed by atoms with Gasteiger partial charge in [0.25, 0.3) is 0 Å². The maximum absolute atomic E-state index is 4.58. The van der Waals surface area contributed by atoms with Gasteiger partial charge in [0.1, 0.15) is 0 Å². The van der Waals surface area contributed by atoms with E-state index in [2.05, 4.69) is 95.9 Å². The first-order valence-electron chi connectivity index (χ1n) is 13.7. The summed E-state index contributed by atoms with van der Waals surface area (Å²) in [6, 6.07) is 16.5. The van der Waals surface area contributed by atoms with Crippen molar-refractivity contribution in [1.82, 2.24) is 39.5 Å². The zero-order valence-electron chi connectivity index (χ0n) is 25.1. The quantitative estimate of drug-likeness (QED) is 0.205. The van der Waals surface area contributed by atoms with Crippen LogP contribution in [-0.2, 0) is 33.9 Å². The standard InChI is InChI=1S/2C16H19N4.Pt/c2*1-11-7-8-20(19-11)15-17-13-6-5-12(9-14(13)18-15)10-16(2,3)4;/h2*5-9H,10H2,1-4H3;/q2*-1;+2. The zero-order chi connectivity index (χ0) is 28.7. The molecule has 0 amide bonds. The number of hydrogen-bond donors (Lipinski definition) is 0. The summed E-state index contributed by atoms with van der Waals surface area (Å²) in [5.74, 6) is 1.28. The Morgan fingerprint density at radius 1 is 0.610 bits per heavy atom. The van der Waals surface area contributed by atoms with Gasteiger partial charge in [-0.3, -0.25) is 0 Å². The Hall–Kier alpha value is -3.51. The minimum absolute atomic E-state index is 0. The van der Waals surface area contributed by atoms with Crippen molar-refractivity contribution in [2.24, 2.45) is 10.8 Å². The predicted octanol–water partition coefficient (Wildman–Crippen LogP) is 6.55. The Morgan fingerprint density at radius 2 is 1.00 bits per heavy atom. The summed E-state index contributed by atoms with van der Waals surface area (Å²) >= 11 is 0. The molecule has 0 bridgehead atoms. The smallest absolute Gasteiger partial charge is 0.357 e. The van der Waals surface area contributed by atoms with E-state index in [0.717, 1.165) is 46.3 Å². The van der Waals surface area contributed by atoms with Gasteiger partial charge in [-0.15, -0.1) is 0 Å². The van der Waals surface area contributed by atoms with E-state index in [9.17, 15) is 0 Å². The van der Waals surface area contributed by atoms with Gasteiger partial charge in [-0.2, -0.15) is 0 Å². The first-order valence-corrected chi connectivity index (χ1v) is 13.7. The molecule has 4 aromatic heterocycles. The van der Waals surface area contributed by atoms with Gasteiger partial charge >= 0.3 is 21.1 Å². The number of hydrogen-bond acceptors (Lipinski definition) is 4. The second-order valence-corrected chi connectivity index (χ2v) is 13.0. The average molecular weight is 730 g/mol. The molecule has 0 atom stereocenters. The third kappa shape index (κ3) is 7.82. The van der Waals surface area contributed by atoms with Gasteiger partial charge in [-0.1, -0.05) is 65.8 Å². The SMILES string of the molecule is Cc1ccn(-c2nc3cc(CC(C)(C)C)ccc3[n-]2)n1.Cc1ccn(-c2nc3cc(CC(C)(C)C)ccc3[n-]2)n1.[Pt+2]. The van der Waals surface area contributed by atoms with Gasteiger partial charge in [0, 0.05) is 45.4 Å². The summed E-state index contributed by atoms with van der Waals surface area (Å²) in [6.45, 7) is 17.4. The van der Waals surface area contributed by atoms with E-state index in [-0.39, 0.29) is 31.9 Å². The monoisotopic (exact) mass is 729 g/mol. The van der Waals surface area contributed by atoms with Gasteiger partial charge in [-0.25, -0.2) is 10.2 Å². The Kier molecular flexibility index (Phi) is 8.74. The molecule has 8 nitrogen and oxygen atoms in total. The molecule has 0 saturated carbocycles. The van der Waals surface area contributed by atoms with Crippen LogP contribution < -0.4 is 9.97 Å². The van der Waals surface area contributed by atoms with Crippen LogP contribution in [0.15, 0.2) is 60.9 Å². The molecule has 9 heteroatoms. The molecule has 6 aromatic rings. The van der Waals surface area contributed by atoms with Gasteiger partial charge < -0.3 is 29.3 Å². The van der Waals surface area contributed by atoms with Crippen molar-refractivity contribution >= 4 is 22.1 Å². The van der Waals surface area contributed by atoms with Gasteiger partial charge in [-0.05, 0) is 85.3 Å². The molecule has 2 aromatic carbocycles. The fraction of sp³-hybridized carbons (Fsp3) is 0.375. The predicted molar refractivity (Wildman–Crippen MR) is 160 cm³/mol. The Bertz CT molecular complexity index is 1620. The van der Waals surface area contributed by atoms with Crippen LogP contribution in [0.5, 0.6) is 0 Å². The Morgan fingerprint density at radius 3 is 1.32 bits per heavy atom. The van der Waals surface area contributed by atoms with Crippen molar-refractivity contribution in [1.29, 1.82) is 0 Å². The van der Waals surface area contributed by atoms with Gasteiger partial charge in [0.05, 0.1) is 0 Å². The normalized spacial score (nSPS) is 11.9. The summed E-state index contributed by atoms with van der Waals surface area (Å²) < 4.78 is 3.44. The first-order chi connectivity index (χ1) is 18.8. The molecule has 0 aliphatic carbocycles. The molecule has 6 rings (SSSR count). The third-order valence-corrected chi connectivity index (χ3v) is 6.29. The zero-order valence-corrected chi connectivity index (χ0v) is 27.4. The minimum atomic E-state index is 0. The summed E-state index contributed by atoms with van der Waals surface area (Å²) in [6.07, 6.45) is 5.84. The Labute approximate surface area is 256 Å². The molecule has 216 valence electrons. The van der Waals surface area contributed by atoms with E-state index >= 15 is 0 Å². The second kappa shape index (κ2) is 11.8. The largest absolute Gasteiger partial charge is 2.00 e. The summed E-state index contributed by atoms with van der Waals surface area (Å²) in [7, 11) is 0. The number of fused-ring (bicyclic) bond motifs is 2. The number of aromatic nitrogens is 8. The average Bonchev–Trinajstić information content (AvgIpc) is 3.62. The molecule has 0 aliphatic rings. The van der Waals surface area contributed by atoms with Crippen molar-refractivity contribution in [3.63, 3.8) is 0 Å². The van der Waals surface area contributed by atoms with Gasteiger partial charge in [0.15, 0.2) is 0 Å². The number of benzene rings is 2. The molecule has 0 fully saturated rings. The molecule has 0 radical (unpaired) electrons. The van der Waals surface area contributed by atoms with Crippen LogP contribution in [0.2, 0.25) is 0 Å². The van der Waals surface area contributed by atoms with E-state index in [4.69, 9.17) is 0 Å². The molecule has 0 spiro atoms. The first kappa shape index (κ1) is 30.4. The van der Waals surface area contributed by atoms with Crippen LogP contribution >= 0.6 is 0 Å². The van der Waals surface area contributed by atoms with E-state index in [1.54, 1.807) is 9.36 Å². The third-order valence-electron chi connectivity index (χ3n) is 6.29. The maximum atomic E-state index is 4.58. The van der Waals surface area contributed by atoms with Crippen molar-refractivity contribution in [3.8, 4) is 11.9 Å². The fourth-order valence-corrected chi connectivity index (χ4v) is 4.69. The molecular weight excluding hydrogens is 691 g/mol. The molecule has 0 unspecified atom stereocenters. The van der Waals surface area contributed by atoms with Crippen LogP contribution in [0, 0.1) is 24.7 Å². The van der Waals surface area contributed by atoms with E-state index in [1.165, 1.54) is 11.1 Å². The molecule has 0 N–H and O–H groups in total. The van der Waals surface area contributed by atoms with Crippen LogP contribution in [-0.4, -0.2) is 29.5 Å². The van der Waals surface area contributed by atoms with Crippen LogP contribution in [0.4, 0.5) is 0 Å². The van der Waals surface area contributed by atoms with Crippen LogP contribution in [0.25, 0.3) is 34.0 Å². The van der Waals surface area contributed by atoms with Crippen LogP contribution in [0.3, 0.4) is 0 Å². The number of aryl methyl sites for hydroxylation is 2. The summed E-state index contributed by atoms with van der Waals surface area (Å²) in [5.41, 5.74) is 8.80. The number of rotatable bonds is 4. The maximum Gasteiger partial charge on any atom is 2.00 e. The van der Waals surface area contributed by atoms with E-state index in [0.29, 0.717) is 11.9 Å². The fourth-order valence-electron chi connectivity index (χ4n) is 4.69. The van der Waals surface area contributed by atoms with Crippen LogP contribution in [0.1, 0.15) is 64.1 Å². The van der Waals surface area contributed by atoms with E-state index in [1.807, 2.05) is 50.5 Å². The molecule has 41 heavy (non-hydrogen) atoms. The van der Waals surface area contributed by atoms with Crippen molar-refractivity contribution in [2.75, 3.05) is 0 Å². The molecule has 0 saturated heterocycles. The second-order valence-electron chi connectivity index (χ2n) is 13.0. The molecule has 4 heterocycles.